The molecule has 0 bridgehead atoms. The zero-order valence-electron chi connectivity index (χ0n) is 15.6. The van der Waals surface area contributed by atoms with Gasteiger partial charge in [-0.05, 0) is 49.6 Å². The average molecular weight is 382 g/mol. The van der Waals surface area contributed by atoms with E-state index in [1.807, 2.05) is 6.07 Å². The van der Waals surface area contributed by atoms with E-state index in [1.54, 1.807) is 42.5 Å². The second-order valence-electron chi connectivity index (χ2n) is 6.69. The van der Waals surface area contributed by atoms with Crippen LogP contribution in [0.5, 0.6) is 5.75 Å². The molecule has 0 spiro atoms. The summed E-state index contributed by atoms with van der Waals surface area (Å²) < 4.78 is 11.2. The van der Waals surface area contributed by atoms with Gasteiger partial charge in [0.25, 0.3) is 0 Å². The van der Waals surface area contributed by atoms with Gasteiger partial charge in [-0.1, -0.05) is 0 Å². The summed E-state index contributed by atoms with van der Waals surface area (Å²) in [6, 6.07) is 8.81. The van der Waals surface area contributed by atoms with Crippen LogP contribution >= 0.6 is 0 Å². The molecular formula is C20H22N4O4. The van der Waals surface area contributed by atoms with Crippen LogP contribution in [0.25, 0.3) is 22.7 Å². The van der Waals surface area contributed by atoms with E-state index in [9.17, 15) is 9.90 Å². The number of hydrogen-bond donors (Lipinski definition) is 2. The maximum absolute atomic E-state index is 12.8. The number of urea groups is 1. The standard InChI is InChI=1S/C20H22N4O4/c1-27-16-7-6-13(19-23-18-17(28-19)5-2-9-21-18)12-15(16)22-20(26)24-10-3-4-14(24)8-11-25/h2,5-7,9,12,14,25H,3-4,8,10-11H2,1H3,(H,22,26)/t14-/m1/s1. The summed E-state index contributed by atoms with van der Waals surface area (Å²) in [5, 5.41) is 12.2. The molecule has 0 aliphatic carbocycles. The fourth-order valence-electron chi connectivity index (χ4n) is 3.57. The molecule has 0 radical (unpaired) electrons. The molecular weight excluding hydrogens is 360 g/mol. The summed E-state index contributed by atoms with van der Waals surface area (Å²) in [6.45, 7) is 0.744. The van der Waals surface area contributed by atoms with Crippen molar-refractivity contribution in [2.45, 2.75) is 25.3 Å². The fraction of sp³-hybridized carbons (Fsp3) is 0.350. The van der Waals surface area contributed by atoms with Crippen LogP contribution in [0.1, 0.15) is 19.3 Å². The molecule has 1 aromatic carbocycles. The van der Waals surface area contributed by atoms with Gasteiger partial charge in [0, 0.05) is 31.0 Å². The lowest BCUT2D eigenvalue weighted by molar-refractivity contribution is 0.189. The molecule has 8 nitrogen and oxygen atoms in total. The largest absolute Gasteiger partial charge is 0.495 e. The van der Waals surface area contributed by atoms with Gasteiger partial charge in [0.05, 0.1) is 12.8 Å². The number of aliphatic hydroxyl groups is 1. The molecule has 1 aliphatic rings. The number of anilines is 1. The van der Waals surface area contributed by atoms with Crippen LogP contribution in [0, 0.1) is 0 Å². The molecule has 2 N–H and O–H groups in total. The highest BCUT2D eigenvalue weighted by Gasteiger charge is 2.28. The minimum Gasteiger partial charge on any atom is -0.495 e. The third-order valence-electron chi connectivity index (χ3n) is 4.95. The van der Waals surface area contributed by atoms with Gasteiger partial charge in [-0.25, -0.2) is 9.78 Å². The number of rotatable bonds is 5. The van der Waals surface area contributed by atoms with Gasteiger partial charge in [-0.2, -0.15) is 4.98 Å². The molecule has 3 heterocycles. The second kappa shape index (κ2) is 7.85. The topological polar surface area (TPSA) is 101 Å². The minimum atomic E-state index is -0.203. The summed E-state index contributed by atoms with van der Waals surface area (Å²) in [4.78, 5) is 23.1. The predicted octanol–water partition coefficient (Wildman–Crippen LogP) is 3.28. The molecule has 1 atom stereocenters. The summed E-state index contributed by atoms with van der Waals surface area (Å²) in [5.74, 6) is 0.968. The molecule has 1 saturated heterocycles. The Morgan fingerprint density at radius 2 is 2.32 bits per heavy atom. The van der Waals surface area contributed by atoms with Crippen molar-refractivity contribution >= 4 is 22.9 Å². The molecule has 28 heavy (non-hydrogen) atoms. The Labute approximate surface area is 162 Å². The van der Waals surface area contributed by atoms with Crippen molar-refractivity contribution in [1.29, 1.82) is 0 Å². The number of pyridine rings is 1. The first-order valence-corrected chi connectivity index (χ1v) is 9.28. The quantitative estimate of drug-likeness (QED) is 0.702. The number of fused-ring (bicyclic) bond motifs is 1. The van der Waals surface area contributed by atoms with E-state index < -0.39 is 0 Å². The Bertz CT molecular complexity index is 954. The molecule has 0 saturated carbocycles. The Kier molecular flexibility index (Phi) is 5.12. The van der Waals surface area contributed by atoms with Gasteiger partial charge >= 0.3 is 6.03 Å². The number of methoxy groups -OCH3 is 1. The molecule has 146 valence electrons. The lowest BCUT2D eigenvalue weighted by Gasteiger charge is -2.25. The lowest BCUT2D eigenvalue weighted by Crippen LogP contribution is -2.39. The summed E-state index contributed by atoms with van der Waals surface area (Å²) >= 11 is 0. The first-order valence-electron chi connectivity index (χ1n) is 9.28. The number of aliphatic hydroxyl groups excluding tert-OH is 1. The van der Waals surface area contributed by atoms with Crippen LogP contribution in [0.15, 0.2) is 40.9 Å². The Hall–Kier alpha value is -3.13. The Morgan fingerprint density at radius 1 is 1.43 bits per heavy atom. The normalized spacial score (nSPS) is 16.5. The van der Waals surface area contributed by atoms with Crippen LogP contribution in [0.2, 0.25) is 0 Å². The molecule has 0 unspecified atom stereocenters. The monoisotopic (exact) mass is 382 g/mol. The van der Waals surface area contributed by atoms with Crippen molar-refractivity contribution in [2.75, 3.05) is 25.6 Å². The lowest BCUT2D eigenvalue weighted by atomic mass is 10.1. The zero-order valence-corrected chi connectivity index (χ0v) is 15.6. The van der Waals surface area contributed by atoms with Crippen molar-refractivity contribution in [3.05, 3.63) is 36.5 Å². The molecule has 3 aromatic rings. The number of hydrogen-bond acceptors (Lipinski definition) is 6. The number of nitrogens with zero attached hydrogens (tertiary/aromatic N) is 3. The number of carbonyl (C=O) groups excluding carboxylic acids is 1. The summed E-state index contributed by atoms with van der Waals surface area (Å²) in [5.41, 5.74) is 2.38. The number of nitrogens with one attached hydrogen (secondary N) is 1. The number of carbonyl (C=O) groups is 1. The van der Waals surface area contributed by atoms with Crippen LogP contribution in [-0.4, -0.2) is 52.3 Å². The Balaban J connectivity index is 1.61. The molecule has 2 aromatic heterocycles. The first-order chi connectivity index (χ1) is 13.7. The number of aromatic nitrogens is 2. The van der Waals surface area contributed by atoms with E-state index in [2.05, 4.69) is 15.3 Å². The van der Waals surface area contributed by atoms with Crippen LogP contribution in [0.3, 0.4) is 0 Å². The highest BCUT2D eigenvalue weighted by molar-refractivity contribution is 5.92. The van der Waals surface area contributed by atoms with Crippen molar-refractivity contribution in [2.24, 2.45) is 0 Å². The van der Waals surface area contributed by atoms with E-state index in [1.165, 1.54) is 0 Å². The zero-order chi connectivity index (χ0) is 19.5. The second-order valence-corrected chi connectivity index (χ2v) is 6.69. The van der Waals surface area contributed by atoms with Crippen LogP contribution in [0.4, 0.5) is 10.5 Å². The number of amides is 2. The van der Waals surface area contributed by atoms with E-state index in [0.717, 1.165) is 12.8 Å². The van der Waals surface area contributed by atoms with Crippen LogP contribution < -0.4 is 10.1 Å². The van der Waals surface area contributed by atoms with Crippen molar-refractivity contribution < 1.29 is 19.1 Å². The smallest absolute Gasteiger partial charge is 0.322 e. The van der Waals surface area contributed by atoms with Gasteiger partial charge in [0.1, 0.15) is 5.75 Å². The highest BCUT2D eigenvalue weighted by Crippen LogP contribution is 2.32. The third-order valence-corrected chi connectivity index (χ3v) is 4.95. The number of benzene rings is 1. The van der Waals surface area contributed by atoms with E-state index in [0.29, 0.717) is 47.1 Å². The molecule has 4 rings (SSSR count). The van der Waals surface area contributed by atoms with Crippen molar-refractivity contribution in [3.63, 3.8) is 0 Å². The SMILES string of the molecule is COc1ccc(-c2nc3ncccc3o2)cc1NC(=O)N1CCC[C@@H]1CCO. The molecule has 2 amide bonds. The maximum Gasteiger partial charge on any atom is 0.322 e. The van der Waals surface area contributed by atoms with E-state index >= 15 is 0 Å². The predicted molar refractivity (Wildman–Crippen MR) is 104 cm³/mol. The maximum atomic E-state index is 12.8. The van der Waals surface area contributed by atoms with E-state index in [-0.39, 0.29) is 18.7 Å². The van der Waals surface area contributed by atoms with Gasteiger partial charge in [-0.3, -0.25) is 0 Å². The van der Waals surface area contributed by atoms with Gasteiger partial charge in [0.2, 0.25) is 5.89 Å². The highest BCUT2D eigenvalue weighted by atomic mass is 16.5. The molecule has 1 aliphatic heterocycles. The molecule has 8 heteroatoms. The van der Waals surface area contributed by atoms with Gasteiger partial charge < -0.3 is 24.5 Å². The summed E-state index contributed by atoms with van der Waals surface area (Å²) in [6.07, 6.45) is 4.08. The van der Waals surface area contributed by atoms with E-state index in [4.69, 9.17) is 9.15 Å². The fourth-order valence-corrected chi connectivity index (χ4v) is 3.57. The van der Waals surface area contributed by atoms with Gasteiger partial charge in [0.15, 0.2) is 11.2 Å². The number of ether oxygens (including phenoxy) is 1. The van der Waals surface area contributed by atoms with Crippen molar-refractivity contribution in [1.82, 2.24) is 14.9 Å². The molecule has 1 fully saturated rings. The first kappa shape index (κ1) is 18.2. The third kappa shape index (κ3) is 3.50. The minimum absolute atomic E-state index is 0.0577. The number of likely N-dealkylation sites (tertiary alicyclic amines) is 1. The average Bonchev–Trinajstić information content (AvgIpc) is 3.35. The Morgan fingerprint density at radius 3 is 3.11 bits per heavy atom. The van der Waals surface area contributed by atoms with Gasteiger partial charge in [-0.15, -0.1) is 0 Å². The summed E-state index contributed by atoms with van der Waals surface area (Å²) in [7, 11) is 1.55. The van der Waals surface area contributed by atoms with Crippen LogP contribution in [-0.2, 0) is 0 Å². The van der Waals surface area contributed by atoms with Crippen molar-refractivity contribution in [3.8, 4) is 17.2 Å². The number of oxazole rings is 1.